The molecule has 1 rings (SSSR count). The maximum atomic E-state index is 12.1. The number of nitrogens with one attached hydrogen (secondary N) is 1. The van der Waals surface area contributed by atoms with Crippen LogP contribution >= 0.6 is 0 Å². The minimum atomic E-state index is 0.0310. The van der Waals surface area contributed by atoms with Crippen molar-refractivity contribution in [3.63, 3.8) is 0 Å². The third kappa shape index (κ3) is 7.28. The lowest BCUT2D eigenvalue weighted by atomic mass is 10.0. The lowest BCUT2D eigenvalue weighted by Gasteiger charge is -2.13. The van der Waals surface area contributed by atoms with Crippen molar-refractivity contribution in [3.8, 4) is 0 Å². The van der Waals surface area contributed by atoms with Crippen LogP contribution < -0.4 is 11.1 Å². The van der Waals surface area contributed by atoms with Gasteiger partial charge in [0.15, 0.2) is 0 Å². The summed E-state index contributed by atoms with van der Waals surface area (Å²) < 4.78 is 0. The van der Waals surface area contributed by atoms with E-state index in [9.17, 15) is 4.79 Å². The summed E-state index contributed by atoms with van der Waals surface area (Å²) in [6.45, 7) is 6.18. The van der Waals surface area contributed by atoms with Gasteiger partial charge in [0.25, 0.3) is 0 Å². The summed E-state index contributed by atoms with van der Waals surface area (Å²) in [5.41, 5.74) is 7.95. The molecule has 1 amide bonds. The van der Waals surface area contributed by atoms with Gasteiger partial charge in [-0.05, 0) is 50.3 Å². The van der Waals surface area contributed by atoms with E-state index >= 15 is 0 Å². The normalized spacial score (nSPS) is 13.7. The lowest BCUT2D eigenvalue weighted by Crippen LogP contribution is -2.21. The van der Waals surface area contributed by atoms with Gasteiger partial charge in [-0.3, -0.25) is 4.79 Å². The van der Waals surface area contributed by atoms with E-state index in [-0.39, 0.29) is 17.9 Å². The first-order valence-corrected chi connectivity index (χ1v) is 8.18. The van der Waals surface area contributed by atoms with E-state index in [1.165, 1.54) is 18.4 Å². The van der Waals surface area contributed by atoms with Crippen LogP contribution in [0.3, 0.4) is 0 Å². The van der Waals surface area contributed by atoms with Crippen LogP contribution in [0.4, 0.5) is 5.69 Å². The zero-order valence-corrected chi connectivity index (χ0v) is 13.7. The third-order valence-corrected chi connectivity index (χ3v) is 3.78. The Morgan fingerprint density at radius 3 is 2.38 bits per heavy atom. The molecule has 0 fully saturated rings. The number of hydrogen-bond donors (Lipinski definition) is 2. The van der Waals surface area contributed by atoms with Gasteiger partial charge in [0.05, 0.1) is 0 Å². The van der Waals surface area contributed by atoms with E-state index in [0.29, 0.717) is 0 Å². The topological polar surface area (TPSA) is 55.1 Å². The van der Waals surface area contributed by atoms with Crippen molar-refractivity contribution in [1.82, 2.24) is 0 Å². The highest BCUT2D eigenvalue weighted by molar-refractivity contribution is 5.92. The van der Waals surface area contributed by atoms with E-state index in [4.69, 9.17) is 5.73 Å². The molecular weight excluding hydrogens is 260 g/mol. The summed E-state index contributed by atoms with van der Waals surface area (Å²) >= 11 is 0. The zero-order chi connectivity index (χ0) is 15.7. The number of hydrogen-bond acceptors (Lipinski definition) is 2. The molecule has 0 radical (unpaired) electrons. The number of aryl methyl sites for hydroxylation is 1. The lowest BCUT2D eigenvalue weighted by molar-refractivity contribution is -0.119. The highest BCUT2D eigenvalue weighted by Crippen LogP contribution is 2.15. The van der Waals surface area contributed by atoms with Crippen molar-refractivity contribution in [2.75, 3.05) is 5.32 Å². The largest absolute Gasteiger partial charge is 0.328 e. The maximum absolute atomic E-state index is 12.1. The minimum absolute atomic E-state index is 0.0310. The van der Waals surface area contributed by atoms with Gasteiger partial charge in [-0.2, -0.15) is 0 Å². The SMILES string of the molecule is CCCCc1ccc(NC(=O)C(C)CCCC(C)N)cc1. The number of carbonyl (C=O) groups excluding carboxylic acids is 1. The molecule has 1 aromatic carbocycles. The molecule has 0 aliphatic rings. The van der Waals surface area contributed by atoms with Crippen LogP contribution in [-0.4, -0.2) is 11.9 Å². The molecule has 0 heterocycles. The molecule has 118 valence electrons. The van der Waals surface area contributed by atoms with Crippen LogP contribution in [0.2, 0.25) is 0 Å². The number of rotatable bonds is 9. The number of benzene rings is 1. The van der Waals surface area contributed by atoms with Crippen LogP contribution in [0.25, 0.3) is 0 Å². The Morgan fingerprint density at radius 1 is 1.14 bits per heavy atom. The number of carbonyl (C=O) groups is 1. The Kier molecular flexibility index (Phi) is 8.06. The number of amides is 1. The second-order valence-corrected chi connectivity index (χ2v) is 6.10. The standard InChI is InChI=1S/C18H30N2O/c1-4-5-9-16-10-12-17(13-11-16)20-18(21)14(2)7-6-8-15(3)19/h10-15H,4-9,19H2,1-3H3,(H,20,21). The van der Waals surface area contributed by atoms with Crippen LogP contribution in [-0.2, 0) is 11.2 Å². The fourth-order valence-corrected chi connectivity index (χ4v) is 2.28. The second-order valence-electron chi connectivity index (χ2n) is 6.10. The summed E-state index contributed by atoms with van der Waals surface area (Å²) in [6.07, 6.45) is 6.39. The summed E-state index contributed by atoms with van der Waals surface area (Å²) in [5.74, 6) is 0.129. The summed E-state index contributed by atoms with van der Waals surface area (Å²) in [4.78, 5) is 12.1. The molecule has 3 N–H and O–H groups in total. The Bertz CT molecular complexity index is 412. The maximum Gasteiger partial charge on any atom is 0.227 e. The van der Waals surface area contributed by atoms with Crippen molar-refractivity contribution in [2.24, 2.45) is 11.7 Å². The quantitative estimate of drug-likeness (QED) is 0.718. The highest BCUT2D eigenvalue weighted by atomic mass is 16.1. The summed E-state index contributed by atoms with van der Waals surface area (Å²) in [6, 6.07) is 8.42. The fourth-order valence-electron chi connectivity index (χ4n) is 2.28. The van der Waals surface area contributed by atoms with E-state index < -0.39 is 0 Å². The van der Waals surface area contributed by atoms with Crippen LogP contribution in [0.15, 0.2) is 24.3 Å². The van der Waals surface area contributed by atoms with Crippen molar-refractivity contribution in [2.45, 2.75) is 65.3 Å². The fraction of sp³-hybridized carbons (Fsp3) is 0.611. The van der Waals surface area contributed by atoms with Gasteiger partial charge in [0.2, 0.25) is 5.91 Å². The first-order chi connectivity index (χ1) is 10.0. The predicted octanol–water partition coefficient (Wildman–Crippen LogP) is 4.12. The number of anilines is 1. The molecule has 1 aromatic rings. The molecule has 0 aliphatic heterocycles. The highest BCUT2D eigenvalue weighted by Gasteiger charge is 2.13. The monoisotopic (exact) mass is 290 g/mol. The average molecular weight is 290 g/mol. The van der Waals surface area contributed by atoms with Crippen molar-refractivity contribution in [1.29, 1.82) is 0 Å². The Labute approximate surface area is 129 Å². The van der Waals surface area contributed by atoms with Crippen LogP contribution in [0.5, 0.6) is 0 Å². The molecule has 2 unspecified atom stereocenters. The Hall–Kier alpha value is -1.35. The van der Waals surface area contributed by atoms with Crippen LogP contribution in [0.1, 0.15) is 58.4 Å². The van der Waals surface area contributed by atoms with Crippen LogP contribution in [0, 0.1) is 5.92 Å². The molecule has 0 saturated carbocycles. The predicted molar refractivity (Wildman–Crippen MR) is 90.3 cm³/mol. The van der Waals surface area contributed by atoms with E-state index in [2.05, 4.69) is 24.4 Å². The molecule has 21 heavy (non-hydrogen) atoms. The molecule has 0 aromatic heterocycles. The third-order valence-electron chi connectivity index (χ3n) is 3.78. The molecule has 3 heteroatoms. The van der Waals surface area contributed by atoms with Gasteiger partial charge in [-0.25, -0.2) is 0 Å². The second kappa shape index (κ2) is 9.56. The Morgan fingerprint density at radius 2 is 1.81 bits per heavy atom. The molecule has 0 aliphatic carbocycles. The minimum Gasteiger partial charge on any atom is -0.328 e. The van der Waals surface area contributed by atoms with Gasteiger partial charge in [-0.15, -0.1) is 0 Å². The first-order valence-electron chi connectivity index (χ1n) is 8.18. The van der Waals surface area contributed by atoms with Gasteiger partial charge >= 0.3 is 0 Å². The van der Waals surface area contributed by atoms with Gasteiger partial charge in [0.1, 0.15) is 0 Å². The molecular formula is C18H30N2O. The molecule has 2 atom stereocenters. The zero-order valence-electron chi connectivity index (χ0n) is 13.7. The van der Waals surface area contributed by atoms with Crippen molar-refractivity contribution in [3.05, 3.63) is 29.8 Å². The van der Waals surface area contributed by atoms with Gasteiger partial charge < -0.3 is 11.1 Å². The van der Waals surface area contributed by atoms with E-state index in [0.717, 1.165) is 31.4 Å². The number of nitrogens with two attached hydrogens (primary N) is 1. The van der Waals surface area contributed by atoms with Gasteiger partial charge in [0, 0.05) is 17.6 Å². The van der Waals surface area contributed by atoms with E-state index in [1.54, 1.807) is 0 Å². The van der Waals surface area contributed by atoms with Gasteiger partial charge in [-0.1, -0.05) is 38.8 Å². The smallest absolute Gasteiger partial charge is 0.227 e. The molecule has 0 saturated heterocycles. The van der Waals surface area contributed by atoms with E-state index in [1.807, 2.05) is 26.0 Å². The molecule has 3 nitrogen and oxygen atoms in total. The first kappa shape index (κ1) is 17.7. The summed E-state index contributed by atoms with van der Waals surface area (Å²) in [7, 11) is 0. The Balaban J connectivity index is 2.39. The molecule has 0 bridgehead atoms. The van der Waals surface area contributed by atoms with Crippen molar-refractivity contribution >= 4 is 11.6 Å². The molecule has 0 spiro atoms. The summed E-state index contributed by atoms with van der Waals surface area (Å²) in [5, 5.41) is 2.99. The average Bonchev–Trinajstić information content (AvgIpc) is 2.46. The van der Waals surface area contributed by atoms with Crippen molar-refractivity contribution < 1.29 is 4.79 Å². The number of unbranched alkanes of at least 4 members (excludes halogenated alkanes) is 1.